The van der Waals surface area contributed by atoms with Gasteiger partial charge in [-0.15, -0.1) is 0 Å². The molecule has 1 fully saturated rings. The zero-order valence-electron chi connectivity index (χ0n) is 12.3. The first-order valence-electron chi connectivity index (χ1n) is 7.22. The van der Waals surface area contributed by atoms with Crippen molar-refractivity contribution in [3.63, 3.8) is 0 Å². The Morgan fingerprint density at radius 1 is 1.29 bits per heavy atom. The van der Waals surface area contributed by atoms with Crippen LogP contribution in [0, 0.1) is 0 Å². The van der Waals surface area contributed by atoms with E-state index >= 15 is 4.39 Å². The predicted molar refractivity (Wildman–Crippen MR) is 86.4 cm³/mol. The monoisotopic (exact) mass is 377 g/mol. The third-order valence-corrected chi connectivity index (χ3v) is 6.47. The standard InChI is InChI=1S/C15H21BrFNO2S/c1-11(2)21(19,20)18-14-5-3-4-10-15(14,17)12-6-8-13(16)9-7-12/h6-9,11,14,18H,3-5,10H2,1-2H3/t14-,15-/m0/s1. The topological polar surface area (TPSA) is 46.2 Å². The summed E-state index contributed by atoms with van der Waals surface area (Å²) in [6.45, 7) is 3.20. The van der Waals surface area contributed by atoms with E-state index in [1.54, 1.807) is 38.1 Å². The van der Waals surface area contributed by atoms with Gasteiger partial charge in [-0.25, -0.2) is 17.5 Å². The largest absolute Gasteiger partial charge is 0.237 e. The first-order chi connectivity index (χ1) is 9.75. The lowest BCUT2D eigenvalue weighted by molar-refractivity contribution is 0.0712. The van der Waals surface area contributed by atoms with Crippen LogP contribution < -0.4 is 4.72 Å². The lowest BCUT2D eigenvalue weighted by Crippen LogP contribution is -2.51. The summed E-state index contributed by atoms with van der Waals surface area (Å²) in [5.74, 6) is 0. The highest BCUT2D eigenvalue weighted by molar-refractivity contribution is 9.10. The highest BCUT2D eigenvalue weighted by atomic mass is 79.9. The molecule has 0 aromatic heterocycles. The number of benzene rings is 1. The minimum absolute atomic E-state index is 0.347. The van der Waals surface area contributed by atoms with E-state index in [0.717, 1.165) is 17.3 Å². The van der Waals surface area contributed by atoms with Crippen LogP contribution in [0.4, 0.5) is 4.39 Å². The Balaban J connectivity index is 2.32. The second-order valence-corrected chi connectivity index (χ2v) is 9.06. The van der Waals surface area contributed by atoms with Gasteiger partial charge in [-0.2, -0.15) is 0 Å². The van der Waals surface area contributed by atoms with Crippen molar-refractivity contribution in [2.24, 2.45) is 0 Å². The minimum atomic E-state index is -3.48. The molecule has 0 heterocycles. The normalized spacial score (nSPS) is 27.0. The summed E-state index contributed by atoms with van der Waals surface area (Å²) in [4.78, 5) is 0. The lowest BCUT2D eigenvalue weighted by atomic mass is 9.78. The maximum atomic E-state index is 15.6. The third kappa shape index (κ3) is 3.66. The zero-order chi connectivity index (χ0) is 15.7. The van der Waals surface area contributed by atoms with Crippen molar-refractivity contribution >= 4 is 26.0 Å². The van der Waals surface area contributed by atoms with Gasteiger partial charge in [-0.1, -0.05) is 34.5 Å². The van der Waals surface area contributed by atoms with Gasteiger partial charge in [0.2, 0.25) is 10.0 Å². The quantitative estimate of drug-likeness (QED) is 0.864. The Bertz CT molecular complexity index is 588. The Morgan fingerprint density at radius 2 is 1.90 bits per heavy atom. The average molecular weight is 378 g/mol. The van der Waals surface area contributed by atoms with Crippen molar-refractivity contribution in [3.05, 3.63) is 34.3 Å². The maximum Gasteiger partial charge on any atom is 0.214 e. The molecule has 0 aliphatic heterocycles. The van der Waals surface area contributed by atoms with Gasteiger partial charge in [0, 0.05) is 4.47 Å². The van der Waals surface area contributed by atoms with Crippen LogP contribution >= 0.6 is 15.9 Å². The number of hydrogen-bond acceptors (Lipinski definition) is 2. The molecule has 118 valence electrons. The molecule has 2 rings (SSSR count). The Labute approximate surface area is 134 Å². The number of halogens is 2. The molecular weight excluding hydrogens is 357 g/mol. The molecule has 1 aromatic rings. The number of sulfonamides is 1. The van der Waals surface area contributed by atoms with E-state index in [-0.39, 0.29) is 0 Å². The van der Waals surface area contributed by atoms with Gasteiger partial charge >= 0.3 is 0 Å². The van der Waals surface area contributed by atoms with E-state index in [2.05, 4.69) is 20.7 Å². The van der Waals surface area contributed by atoms with E-state index < -0.39 is 27.0 Å². The van der Waals surface area contributed by atoms with Crippen molar-refractivity contribution < 1.29 is 12.8 Å². The number of alkyl halides is 1. The summed E-state index contributed by atoms with van der Waals surface area (Å²) in [6.07, 6.45) is 2.48. The van der Waals surface area contributed by atoms with Crippen LogP contribution in [-0.2, 0) is 15.7 Å². The zero-order valence-corrected chi connectivity index (χ0v) is 14.7. The predicted octanol–water partition coefficient (Wildman–Crippen LogP) is 3.88. The first kappa shape index (κ1) is 16.9. The van der Waals surface area contributed by atoms with Crippen molar-refractivity contribution in [2.45, 2.75) is 56.5 Å². The van der Waals surface area contributed by atoms with E-state index in [0.29, 0.717) is 18.4 Å². The molecule has 1 aliphatic rings. The molecule has 3 nitrogen and oxygen atoms in total. The Hall–Kier alpha value is -0.460. The van der Waals surface area contributed by atoms with Gasteiger partial charge in [0.1, 0.15) is 0 Å². The third-order valence-electron chi connectivity index (χ3n) is 4.09. The number of rotatable bonds is 4. The van der Waals surface area contributed by atoms with Crippen molar-refractivity contribution in [1.29, 1.82) is 0 Å². The first-order valence-corrected chi connectivity index (χ1v) is 9.56. The molecule has 0 bridgehead atoms. The van der Waals surface area contributed by atoms with E-state index in [9.17, 15) is 8.42 Å². The summed E-state index contributed by atoms with van der Waals surface area (Å²) >= 11 is 3.34. The molecule has 1 aliphatic carbocycles. The van der Waals surface area contributed by atoms with Crippen molar-refractivity contribution in [2.75, 3.05) is 0 Å². The van der Waals surface area contributed by atoms with Crippen LogP contribution in [-0.4, -0.2) is 19.7 Å². The van der Waals surface area contributed by atoms with Gasteiger partial charge in [-0.05, 0) is 50.8 Å². The fourth-order valence-electron chi connectivity index (χ4n) is 2.69. The van der Waals surface area contributed by atoms with Crippen LogP contribution in [0.25, 0.3) is 0 Å². The molecule has 1 N–H and O–H groups in total. The molecule has 2 atom stereocenters. The smallest absolute Gasteiger partial charge is 0.214 e. The van der Waals surface area contributed by atoms with Crippen LogP contribution in [0.5, 0.6) is 0 Å². The van der Waals surface area contributed by atoms with E-state index in [1.165, 1.54) is 0 Å². The Kier molecular flexibility index (Phi) is 5.11. The summed E-state index contributed by atoms with van der Waals surface area (Å²) in [6, 6.07) is 6.34. The van der Waals surface area contributed by atoms with E-state index in [1.807, 2.05) is 0 Å². The van der Waals surface area contributed by atoms with Crippen molar-refractivity contribution in [1.82, 2.24) is 4.72 Å². The molecule has 0 saturated heterocycles. The van der Waals surface area contributed by atoms with E-state index in [4.69, 9.17) is 0 Å². The summed E-state index contributed by atoms with van der Waals surface area (Å²) < 4.78 is 43.2. The van der Waals surface area contributed by atoms with Crippen LogP contribution in [0.2, 0.25) is 0 Å². The molecule has 6 heteroatoms. The molecule has 21 heavy (non-hydrogen) atoms. The second-order valence-electron chi connectivity index (χ2n) is 5.88. The highest BCUT2D eigenvalue weighted by Crippen LogP contribution is 2.41. The molecule has 0 unspecified atom stereocenters. The summed E-state index contributed by atoms with van der Waals surface area (Å²) in [5.41, 5.74) is -1.09. The van der Waals surface area contributed by atoms with Crippen molar-refractivity contribution in [3.8, 4) is 0 Å². The van der Waals surface area contributed by atoms with Gasteiger partial charge in [0.05, 0.1) is 11.3 Å². The molecule has 0 radical (unpaired) electrons. The summed E-state index contributed by atoms with van der Waals surface area (Å²) in [5, 5.41) is -0.561. The summed E-state index contributed by atoms with van der Waals surface area (Å²) in [7, 11) is -3.48. The van der Waals surface area contributed by atoms with Gasteiger partial charge in [0.15, 0.2) is 5.67 Å². The van der Waals surface area contributed by atoms with Gasteiger partial charge in [0.25, 0.3) is 0 Å². The molecular formula is C15H21BrFNO2S. The van der Waals surface area contributed by atoms with Crippen LogP contribution in [0.15, 0.2) is 28.7 Å². The van der Waals surface area contributed by atoms with Gasteiger partial charge in [-0.3, -0.25) is 0 Å². The fourth-order valence-corrected chi connectivity index (χ4v) is 3.93. The fraction of sp³-hybridized carbons (Fsp3) is 0.600. The average Bonchev–Trinajstić information content (AvgIpc) is 2.42. The molecule has 0 amide bonds. The maximum absolute atomic E-state index is 15.6. The molecule has 1 aromatic carbocycles. The van der Waals surface area contributed by atoms with Crippen LogP contribution in [0.1, 0.15) is 45.1 Å². The number of nitrogens with one attached hydrogen (secondary N) is 1. The van der Waals surface area contributed by atoms with Gasteiger partial charge < -0.3 is 0 Å². The highest BCUT2D eigenvalue weighted by Gasteiger charge is 2.44. The minimum Gasteiger partial charge on any atom is -0.237 e. The molecule has 1 saturated carbocycles. The molecule has 0 spiro atoms. The van der Waals surface area contributed by atoms with Crippen LogP contribution in [0.3, 0.4) is 0 Å². The SMILES string of the molecule is CC(C)S(=O)(=O)N[C@H]1CCCC[C@]1(F)c1ccc(Br)cc1. The number of hydrogen-bond donors (Lipinski definition) is 1. The Morgan fingerprint density at radius 3 is 2.48 bits per heavy atom. The lowest BCUT2D eigenvalue weighted by Gasteiger charge is -2.38. The second kappa shape index (κ2) is 6.34.